The van der Waals surface area contributed by atoms with Gasteiger partial charge in [0.1, 0.15) is 6.04 Å². The summed E-state index contributed by atoms with van der Waals surface area (Å²) >= 11 is 0. The summed E-state index contributed by atoms with van der Waals surface area (Å²) in [4.78, 5) is 32.9. The predicted molar refractivity (Wildman–Crippen MR) is 99.6 cm³/mol. The number of para-hydroxylation sites is 1. The second-order valence-corrected chi connectivity index (χ2v) is 6.54. The molecule has 3 aromatic rings. The van der Waals surface area contributed by atoms with E-state index in [2.05, 4.69) is 15.3 Å². The van der Waals surface area contributed by atoms with Gasteiger partial charge in [-0.1, -0.05) is 24.3 Å². The lowest BCUT2D eigenvalue weighted by atomic mass is 9.95. The Kier molecular flexibility index (Phi) is 4.71. The molecule has 9 heteroatoms. The van der Waals surface area contributed by atoms with Crippen LogP contribution in [0, 0.1) is 11.6 Å². The van der Waals surface area contributed by atoms with Crippen LogP contribution in [0.25, 0.3) is 0 Å². The molecule has 0 saturated carbocycles. The minimum absolute atomic E-state index is 0.0280. The Balaban J connectivity index is 1.73. The average Bonchev–Trinajstić information content (AvgIpc) is 3.18. The van der Waals surface area contributed by atoms with Gasteiger partial charge in [-0.15, -0.1) is 0 Å². The van der Waals surface area contributed by atoms with Gasteiger partial charge >= 0.3 is 12.0 Å². The van der Waals surface area contributed by atoms with Gasteiger partial charge in [-0.25, -0.2) is 23.4 Å². The van der Waals surface area contributed by atoms with Gasteiger partial charge < -0.3 is 20.3 Å². The van der Waals surface area contributed by atoms with E-state index >= 15 is 0 Å². The molecule has 1 atom stereocenters. The predicted octanol–water partition coefficient (Wildman–Crippen LogP) is 3.57. The van der Waals surface area contributed by atoms with Crippen molar-refractivity contribution in [2.45, 2.75) is 12.5 Å². The summed E-state index contributed by atoms with van der Waals surface area (Å²) in [7, 11) is 0. The van der Waals surface area contributed by atoms with Crippen molar-refractivity contribution in [2.24, 2.45) is 0 Å². The highest BCUT2D eigenvalue weighted by Gasteiger charge is 2.36. The van der Waals surface area contributed by atoms with Crippen LogP contribution in [-0.2, 0) is 6.42 Å². The summed E-state index contributed by atoms with van der Waals surface area (Å²) in [6.07, 6.45) is 1.88. The van der Waals surface area contributed by atoms with Crippen molar-refractivity contribution < 1.29 is 23.5 Å². The van der Waals surface area contributed by atoms with E-state index in [1.165, 1.54) is 35.5 Å². The van der Waals surface area contributed by atoms with Crippen LogP contribution in [0.15, 0.2) is 48.8 Å². The van der Waals surface area contributed by atoms with Gasteiger partial charge in [-0.3, -0.25) is 0 Å². The molecule has 0 spiro atoms. The van der Waals surface area contributed by atoms with Crippen molar-refractivity contribution >= 4 is 17.7 Å². The number of amides is 2. The van der Waals surface area contributed by atoms with Crippen LogP contribution >= 0.6 is 0 Å². The molecule has 0 unspecified atom stereocenters. The van der Waals surface area contributed by atoms with Gasteiger partial charge in [-0.2, -0.15) is 0 Å². The molecule has 7 nitrogen and oxygen atoms in total. The van der Waals surface area contributed by atoms with Gasteiger partial charge in [-0.05, 0) is 18.2 Å². The molecule has 1 aliphatic rings. The SMILES string of the molecule is O=C(O)c1ccccc1NC(=O)N1CCc2[nH]cnc2[C@H]1c1cccc(F)c1F. The Morgan fingerprint density at radius 2 is 1.97 bits per heavy atom. The number of fused-ring (bicyclic) bond motifs is 1. The monoisotopic (exact) mass is 398 g/mol. The number of hydrogen-bond donors (Lipinski definition) is 3. The molecule has 0 radical (unpaired) electrons. The highest BCUT2D eigenvalue weighted by Crippen LogP contribution is 2.35. The van der Waals surface area contributed by atoms with E-state index in [-0.39, 0.29) is 23.4 Å². The van der Waals surface area contributed by atoms with E-state index in [1.54, 1.807) is 12.1 Å². The number of aromatic nitrogens is 2. The van der Waals surface area contributed by atoms with Gasteiger partial charge in [0, 0.05) is 24.2 Å². The molecule has 0 saturated heterocycles. The number of H-pyrrole nitrogens is 1. The maximum absolute atomic E-state index is 14.6. The standard InChI is InChI=1S/C20H16F2N4O3/c21-13-6-3-5-12(16(13)22)18-17-15(23-10-24-17)8-9-26(18)20(29)25-14-7-2-1-4-11(14)19(27)28/h1-7,10,18H,8-9H2,(H,23,24)(H,25,29)(H,27,28)/t18-/m1/s1. The van der Waals surface area contributed by atoms with E-state index < -0.39 is 29.7 Å². The normalized spacial score (nSPS) is 15.7. The zero-order valence-corrected chi connectivity index (χ0v) is 15.0. The third-order valence-electron chi connectivity index (χ3n) is 4.86. The van der Waals surface area contributed by atoms with Crippen LogP contribution in [0.1, 0.15) is 33.4 Å². The van der Waals surface area contributed by atoms with Crippen LogP contribution in [-0.4, -0.2) is 38.5 Å². The molecule has 1 aromatic heterocycles. The van der Waals surface area contributed by atoms with Crippen molar-refractivity contribution in [3.63, 3.8) is 0 Å². The molecule has 0 bridgehead atoms. The van der Waals surface area contributed by atoms with E-state index in [1.807, 2.05) is 0 Å². The molecule has 3 N–H and O–H groups in total. The third kappa shape index (κ3) is 3.31. The first-order chi connectivity index (χ1) is 14.0. The second kappa shape index (κ2) is 7.34. The minimum Gasteiger partial charge on any atom is -0.478 e. The van der Waals surface area contributed by atoms with Gasteiger partial charge in [0.25, 0.3) is 0 Å². The van der Waals surface area contributed by atoms with Crippen molar-refractivity contribution in [3.8, 4) is 0 Å². The molecule has 0 fully saturated rings. The lowest BCUT2D eigenvalue weighted by Gasteiger charge is -2.35. The fraction of sp³-hybridized carbons (Fsp3) is 0.150. The van der Waals surface area contributed by atoms with E-state index in [9.17, 15) is 23.5 Å². The fourth-order valence-electron chi connectivity index (χ4n) is 3.51. The summed E-state index contributed by atoms with van der Waals surface area (Å²) in [6.45, 7) is 0.205. The minimum atomic E-state index is -1.19. The van der Waals surface area contributed by atoms with Crippen molar-refractivity contribution in [3.05, 3.63) is 82.9 Å². The number of hydrogen-bond acceptors (Lipinski definition) is 3. The summed E-state index contributed by atoms with van der Waals surface area (Å²) in [5.74, 6) is -3.28. The van der Waals surface area contributed by atoms with Crippen LogP contribution < -0.4 is 5.32 Å². The second-order valence-electron chi connectivity index (χ2n) is 6.54. The Morgan fingerprint density at radius 3 is 2.76 bits per heavy atom. The Hall–Kier alpha value is -3.75. The van der Waals surface area contributed by atoms with Crippen molar-refractivity contribution in [1.29, 1.82) is 0 Å². The van der Waals surface area contributed by atoms with Gasteiger partial charge in [0.05, 0.1) is 23.3 Å². The van der Waals surface area contributed by atoms with E-state index in [0.29, 0.717) is 12.1 Å². The Bertz CT molecular complexity index is 1100. The molecule has 2 heterocycles. The largest absolute Gasteiger partial charge is 0.478 e. The van der Waals surface area contributed by atoms with E-state index in [0.717, 1.165) is 11.8 Å². The first-order valence-corrected chi connectivity index (χ1v) is 8.83. The molecule has 0 aliphatic carbocycles. The average molecular weight is 398 g/mol. The van der Waals surface area contributed by atoms with Crippen LogP contribution in [0.2, 0.25) is 0 Å². The molecule has 4 rings (SSSR count). The molecule has 2 aromatic carbocycles. The zero-order chi connectivity index (χ0) is 20.5. The molecule has 29 heavy (non-hydrogen) atoms. The van der Waals surface area contributed by atoms with Crippen LogP contribution in [0.4, 0.5) is 19.3 Å². The number of imidazole rings is 1. The van der Waals surface area contributed by atoms with Crippen LogP contribution in [0.5, 0.6) is 0 Å². The number of urea groups is 1. The van der Waals surface area contributed by atoms with Gasteiger partial charge in [0.15, 0.2) is 11.6 Å². The molecular formula is C20H16F2N4O3. The van der Waals surface area contributed by atoms with Gasteiger partial charge in [0.2, 0.25) is 0 Å². The fourth-order valence-corrected chi connectivity index (χ4v) is 3.51. The number of carboxylic acids is 1. The molecule has 148 valence electrons. The number of carbonyl (C=O) groups is 2. The number of carbonyl (C=O) groups excluding carboxylic acids is 1. The number of anilines is 1. The van der Waals surface area contributed by atoms with Crippen molar-refractivity contribution in [1.82, 2.24) is 14.9 Å². The number of carboxylic acid groups (broad SMARTS) is 1. The van der Waals surface area contributed by atoms with E-state index in [4.69, 9.17) is 0 Å². The number of aromatic carboxylic acids is 1. The number of nitrogens with one attached hydrogen (secondary N) is 2. The third-order valence-corrected chi connectivity index (χ3v) is 4.86. The highest BCUT2D eigenvalue weighted by molar-refractivity contribution is 6.00. The summed E-state index contributed by atoms with van der Waals surface area (Å²) in [5, 5.41) is 11.9. The number of aromatic amines is 1. The molecular weight excluding hydrogens is 382 g/mol. The molecule has 1 aliphatic heterocycles. The summed E-state index contributed by atoms with van der Waals surface area (Å²) in [5.41, 5.74) is 1.15. The number of nitrogens with zero attached hydrogens (tertiary/aromatic N) is 2. The number of benzene rings is 2. The highest BCUT2D eigenvalue weighted by atomic mass is 19.2. The first-order valence-electron chi connectivity index (χ1n) is 8.83. The molecule has 2 amide bonds. The van der Waals surface area contributed by atoms with Crippen molar-refractivity contribution in [2.75, 3.05) is 11.9 Å². The Labute approximate surface area is 164 Å². The lowest BCUT2D eigenvalue weighted by molar-refractivity contribution is 0.0698. The smallest absolute Gasteiger partial charge is 0.337 e. The number of halogens is 2. The lowest BCUT2D eigenvalue weighted by Crippen LogP contribution is -2.43. The quantitative estimate of drug-likeness (QED) is 0.628. The zero-order valence-electron chi connectivity index (χ0n) is 15.0. The maximum atomic E-state index is 14.6. The maximum Gasteiger partial charge on any atom is 0.337 e. The number of rotatable bonds is 3. The first kappa shape index (κ1) is 18.6. The summed E-state index contributed by atoms with van der Waals surface area (Å²) in [6, 6.07) is 8.13. The topological polar surface area (TPSA) is 98.3 Å². The Morgan fingerprint density at radius 1 is 1.17 bits per heavy atom. The van der Waals surface area contributed by atoms with Crippen LogP contribution in [0.3, 0.4) is 0 Å². The summed E-state index contributed by atoms with van der Waals surface area (Å²) < 4.78 is 28.4.